The molecule has 1 N–H and O–H groups in total. The Bertz CT molecular complexity index is 1230. The van der Waals surface area contributed by atoms with E-state index in [4.69, 9.17) is 0 Å². The Morgan fingerprint density at radius 3 is 2.06 bits per heavy atom. The zero-order valence-electron chi connectivity index (χ0n) is 20.0. The van der Waals surface area contributed by atoms with Crippen molar-refractivity contribution in [3.63, 3.8) is 0 Å². The summed E-state index contributed by atoms with van der Waals surface area (Å²) >= 11 is 0. The van der Waals surface area contributed by atoms with Crippen molar-refractivity contribution in [3.05, 3.63) is 59.2 Å². The van der Waals surface area contributed by atoms with Crippen molar-refractivity contribution < 1.29 is 22.8 Å². The normalized spacial score (nSPS) is 16.9. The Kier molecular flexibility index (Phi) is 7.23. The Morgan fingerprint density at radius 2 is 1.46 bits per heavy atom. The fraction of sp³-hybridized carbons (Fsp3) is 0.400. The van der Waals surface area contributed by atoms with Crippen molar-refractivity contribution in [1.82, 2.24) is 14.1 Å². The number of nitrogens with one attached hydrogen (secondary N) is 1. The van der Waals surface area contributed by atoms with Crippen molar-refractivity contribution in [3.8, 4) is 0 Å². The smallest absolute Gasteiger partial charge is 0.255 e. The van der Waals surface area contributed by atoms with E-state index in [2.05, 4.69) is 5.32 Å². The van der Waals surface area contributed by atoms with Crippen LogP contribution in [0.15, 0.2) is 47.4 Å². The van der Waals surface area contributed by atoms with Crippen LogP contribution in [0.4, 0.5) is 5.69 Å². The Labute approximate surface area is 205 Å². The summed E-state index contributed by atoms with van der Waals surface area (Å²) in [5.74, 6) is -0.494. The third kappa shape index (κ3) is 5.23. The Balaban J connectivity index is 1.45. The van der Waals surface area contributed by atoms with Crippen LogP contribution in [-0.2, 0) is 14.8 Å². The molecular weight excluding hydrogens is 468 g/mol. The molecule has 2 fully saturated rings. The molecule has 0 aromatic heterocycles. The number of nitrogens with zero attached hydrogens (tertiary/aromatic N) is 3. The highest BCUT2D eigenvalue weighted by Gasteiger charge is 2.29. The van der Waals surface area contributed by atoms with Crippen LogP contribution in [0.1, 0.15) is 46.0 Å². The number of carbonyl (C=O) groups excluding carboxylic acids is 3. The quantitative estimate of drug-likeness (QED) is 0.681. The van der Waals surface area contributed by atoms with Crippen molar-refractivity contribution >= 4 is 33.4 Å². The van der Waals surface area contributed by atoms with Gasteiger partial charge in [-0.05, 0) is 61.7 Å². The summed E-state index contributed by atoms with van der Waals surface area (Å²) in [5, 5.41) is 2.84. The zero-order valence-corrected chi connectivity index (χ0v) is 20.8. The summed E-state index contributed by atoms with van der Waals surface area (Å²) in [5.41, 5.74) is 2.11. The molecule has 2 aliphatic heterocycles. The van der Waals surface area contributed by atoms with E-state index >= 15 is 0 Å². The summed E-state index contributed by atoms with van der Waals surface area (Å²) < 4.78 is 27.3. The van der Waals surface area contributed by atoms with Gasteiger partial charge in [-0.1, -0.05) is 6.07 Å². The maximum atomic E-state index is 13.0. The van der Waals surface area contributed by atoms with Gasteiger partial charge in [0.2, 0.25) is 15.9 Å². The van der Waals surface area contributed by atoms with Gasteiger partial charge < -0.3 is 15.1 Å². The first kappa shape index (κ1) is 24.9. The van der Waals surface area contributed by atoms with Gasteiger partial charge in [-0.25, -0.2) is 8.42 Å². The van der Waals surface area contributed by atoms with Gasteiger partial charge in [0.1, 0.15) is 0 Å². The fourth-order valence-electron chi connectivity index (χ4n) is 4.46. The molecule has 2 saturated heterocycles. The van der Waals surface area contributed by atoms with Crippen LogP contribution < -0.4 is 5.32 Å². The van der Waals surface area contributed by atoms with Gasteiger partial charge in [-0.2, -0.15) is 4.31 Å². The number of hydrogen-bond acceptors (Lipinski definition) is 5. The molecule has 0 atom stereocenters. The molecule has 0 bridgehead atoms. The van der Waals surface area contributed by atoms with E-state index in [0.29, 0.717) is 35.5 Å². The van der Waals surface area contributed by atoms with Gasteiger partial charge >= 0.3 is 0 Å². The number of hydrogen-bond donors (Lipinski definition) is 1. The molecule has 0 unspecified atom stereocenters. The van der Waals surface area contributed by atoms with E-state index in [1.807, 2.05) is 4.90 Å². The minimum absolute atomic E-state index is 0.0326. The molecule has 0 spiro atoms. The lowest BCUT2D eigenvalue weighted by atomic mass is 10.0. The van der Waals surface area contributed by atoms with E-state index in [9.17, 15) is 22.8 Å². The summed E-state index contributed by atoms with van der Waals surface area (Å²) in [4.78, 5) is 40.7. The molecule has 2 aromatic carbocycles. The van der Waals surface area contributed by atoms with E-state index in [1.54, 1.807) is 30.0 Å². The SMILES string of the molecule is CC(=O)N1CCN(S(=O)(=O)c2ccc(C(=O)Nc3cccc(C(=O)N4CCCC4)c3C)cc2)CC1. The molecular formula is C25H30N4O5S. The highest BCUT2D eigenvalue weighted by atomic mass is 32.2. The second kappa shape index (κ2) is 10.2. The Morgan fingerprint density at radius 1 is 0.829 bits per heavy atom. The number of rotatable bonds is 5. The highest BCUT2D eigenvalue weighted by Crippen LogP contribution is 2.24. The lowest BCUT2D eigenvalue weighted by molar-refractivity contribution is -0.129. The zero-order chi connectivity index (χ0) is 25.2. The summed E-state index contributed by atoms with van der Waals surface area (Å²) in [6.07, 6.45) is 2.00. The molecule has 4 rings (SSSR count). The number of benzene rings is 2. The van der Waals surface area contributed by atoms with Gasteiger partial charge in [-0.15, -0.1) is 0 Å². The van der Waals surface area contributed by atoms with Crippen LogP contribution in [0.5, 0.6) is 0 Å². The monoisotopic (exact) mass is 498 g/mol. The lowest BCUT2D eigenvalue weighted by Gasteiger charge is -2.33. The summed E-state index contributed by atoms with van der Waals surface area (Å²) in [7, 11) is -3.72. The largest absolute Gasteiger partial charge is 0.340 e. The molecule has 2 aliphatic rings. The lowest BCUT2D eigenvalue weighted by Crippen LogP contribution is -2.49. The molecule has 2 heterocycles. The molecule has 0 aliphatic carbocycles. The van der Waals surface area contributed by atoms with Crippen LogP contribution in [0, 0.1) is 6.92 Å². The van der Waals surface area contributed by atoms with Crippen LogP contribution in [0.25, 0.3) is 0 Å². The van der Waals surface area contributed by atoms with Gasteiger partial charge in [0.15, 0.2) is 0 Å². The van der Waals surface area contributed by atoms with Gasteiger partial charge in [0.25, 0.3) is 11.8 Å². The molecule has 0 saturated carbocycles. The molecule has 0 radical (unpaired) electrons. The number of anilines is 1. The van der Waals surface area contributed by atoms with Crippen LogP contribution in [0.3, 0.4) is 0 Å². The number of piperazine rings is 1. The van der Waals surface area contributed by atoms with Crippen LogP contribution in [0.2, 0.25) is 0 Å². The first-order chi connectivity index (χ1) is 16.7. The predicted molar refractivity (Wildman–Crippen MR) is 132 cm³/mol. The molecule has 10 heteroatoms. The summed E-state index contributed by atoms with van der Waals surface area (Å²) in [6.45, 7) is 5.94. The summed E-state index contributed by atoms with van der Waals surface area (Å²) in [6, 6.07) is 11.0. The van der Waals surface area contributed by atoms with E-state index in [1.165, 1.54) is 35.5 Å². The second-order valence-corrected chi connectivity index (χ2v) is 10.8. The minimum Gasteiger partial charge on any atom is -0.340 e. The van der Waals surface area contributed by atoms with Crippen molar-refractivity contribution in [1.29, 1.82) is 0 Å². The Hall–Kier alpha value is -3.24. The molecule has 2 aromatic rings. The van der Waals surface area contributed by atoms with E-state index in [0.717, 1.165) is 25.9 Å². The molecule has 9 nitrogen and oxygen atoms in total. The minimum atomic E-state index is -3.72. The van der Waals surface area contributed by atoms with Crippen LogP contribution in [-0.4, -0.2) is 79.5 Å². The first-order valence-electron chi connectivity index (χ1n) is 11.7. The average molecular weight is 499 g/mol. The predicted octanol–water partition coefficient (Wildman–Crippen LogP) is 2.34. The van der Waals surface area contributed by atoms with Crippen molar-refractivity contribution in [2.24, 2.45) is 0 Å². The number of amides is 3. The number of carbonyl (C=O) groups is 3. The van der Waals surface area contributed by atoms with Gasteiger partial charge in [0.05, 0.1) is 4.90 Å². The van der Waals surface area contributed by atoms with Gasteiger partial charge in [-0.3, -0.25) is 14.4 Å². The van der Waals surface area contributed by atoms with E-state index < -0.39 is 15.9 Å². The molecule has 35 heavy (non-hydrogen) atoms. The third-order valence-corrected chi connectivity index (χ3v) is 8.56. The fourth-order valence-corrected chi connectivity index (χ4v) is 5.88. The second-order valence-electron chi connectivity index (χ2n) is 8.87. The standard InChI is InChI=1S/C25H30N4O5S/c1-18-22(25(32)28-12-3-4-13-28)6-5-7-23(18)26-24(31)20-8-10-21(11-9-20)35(33,34)29-16-14-27(15-17-29)19(2)30/h5-11H,3-4,12-17H2,1-2H3,(H,26,31). The highest BCUT2D eigenvalue weighted by molar-refractivity contribution is 7.89. The first-order valence-corrected chi connectivity index (χ1v) is 13.2. The maximum absolute atomic E-state index is 13.0. The number of sulfonamides is 1. The average Bonchev–Trinajstić information content (AvgIpc) is 3.40. The van der Waals surface area contributed by atoms with Crippen molar-refractivity contribution in [2.75, 3.05) is 44.6 Å². The van der Waals surface area contributed by atoms with Gasteiger partial charge in [0, 0.05) is 63.0 Å². The van der Waals surface area contributed by atoms with Crippen molar-refractivity contribution in [2.45, 2.75) is 31.6 Å². The van der Waals surface area contributed by atoms with Crippen LogP contribution >= 0.6 is 0 Å². The topological polar surface area (TPSA) is 107 Å². The third-order valence-electron chi connectivity index (χ3n) is 6.64. The van der Waals surface area contributed by atoms with E-state index in [-0.39, 0.29) is 29.8 Å². The molecule has 3 amide bonds. The maximum Gasteiger partial charge on any atom is 0.255 e. The number of likely N-dealkylation sites (tertiary alicyclic amines) is 1. The molecule has 186 valence electrons.